The summed E-state index contributed by atoms with van der Waals surface area (Å²) in [6.07, 6.45) is 5.58. The number of carboxylic acid groups (broad SMARTS) is 1. The summed E-state index contributed by atoms with van der Waals surface area (Å²) in [5, 5.41) is 8.69. The second kappa shape index (κ2) is 8.02. The molecule has 1 aromatic rings. The standard InChI is InChI=1S/C19H26O3/c1-14(2)12-16-4-3-5-17(16)13-22-18-9-6-15(7-10-18)8-11-19(20)21/h6-7,9-10,14H,3-5,8,11-13H2,1-2H3,(H,20,21). The Morgan fingerprint density at radius 1 is 1.18 bits per heavy atom. The van der Waals surface area contributed by atoms with E-state index < -0.39 is 5.97 Å². The van der Waals surface area contributed by atoms with Crippen molar-refractivity contribution in [2.75, 3.05) is 6.61 Å². The molecule has 1 aromatic carbocycles. The number of ether oxygens (including phenoxy) is 1. The van der Waals surface area contributed by atoms with Crippen LogP contribution in [0.5, 0.6) is 5.75 Å². The highest BCUT2D eigenvalue weighted by molar-refractivity contribution is 5.67. The van der Waals surface area contributed by atoms with E-state index in [9.17, 15) is 4.79 Å². The first kappa shape index (κ1) is 16.6. The Labute approximate surface area is 133 Å². The van der Waals surface area contributed by atoms with Crippen LogP contribution in [0.3, 0.4) is 0 Å². The molecule has 0 atom stereocenters. The molecule has 0 spiro atoms. The predicted molar refractivity (Wildman–Crippen MR) is 88.2 cm³/mol. The second-order valence-electron chi connectivity index (χ2n) is 6.48. The van der Waals surface area contributed by atoms with Gasteiger partial charge in [-0.05, 0) is 61.3 Å². The molecular formula is C19H26O3. The van der Waals surface area contributed by atoms with E-state index in [1.54, 1.807) is 5.57 Å². The van der Waals surface area contributed by atoms with Gasteiger partial charge in [-0.2, -0.15) is 0 Å². The monoisotopic (exact) mass is 302 g/mol. The summed E-state index contributed by atoms with van der Waals surface area (Å²) in [7, 11) is 0. The molecule has 1 aliphatic carbocycles. The number of aryl methyl sites for hydroxylation is 1. The second-order valence-corrected chi connectivity index (χ2v) is 6.48. The molecule has 2 rings (SSSR count). The number of hydrogen-bond donors (Lipinski definition) is 1. The van der Waals surface area contributed by atoms with Gasteiger partial charge in [0.05, 0.1) is 0 Å². The maximum atomic E-state index is 10.6. The highest BCUT2D eigenvalue weighted by atomic mass is 16.5. The van der Waals surface area contributed by atoms with E-state index in [0.29, 0.717) is 18.9 Å². The quantitative estimate of drug-likeness (QED) is 0.713. The zero-order valence-corrected chi connectivity index (χ0v) is 13.6. The van der Waals surface area contributed by atoms with Crippen molar-refractivity contribution in [3.05, 3.63) is 41.0 Å². The van der Waals surface area contributed by atoms with Gasteiger partial charge in [0, 0.05) is 6.42 Å². The van der Waals surface area contributed by atoms with Crippen molar-refractivity contribution < 1.29 is 14.6 Å². The Kier molecular flexibility index (Phi) is 6.05. The molecular weight excluding hydrogens is 276 g/mol. The first-order chi connectivity index (χ1) is 10.5. The van der Waals surface area contributed by atoms with Crippen molar-refractivity contribution in [3.63, 3.8) is 0 Å². The van der Waals surface area contributed by atoms with E-state index in [4.69, 9.17) is 9.84 Å². The van der Waals surface area contributed by atoms with Crippen LogP contribution >= 0.6 is 0 Å². The molecule has 120 valence electrons. The van der Waals surface area contributed by atoms with Crippen LogP contribution < -0.4 is 4.74 Å². The zero-order valence-electron chi connectivity index (χ0n) is 13.6. The van der Waals surface area contributed by atoms with E-state index in [1.807, 2.05) is 24.3 Å². The van der Waals surface area contributed by atoms with Crippen LogP contribution in [0.4, 0.5) is 0 Å². The fourth-order valence-electron chi connectivity index (χ4n) is 2.96. The Morgan fingerprint density at radius 2 is 1.86 bits per heavy atom. The van der Waals surface area contributed by atoms with E-state index >= 15 is 0 Å². The van der Waals surface area contributed by atoms with E-state index in [1.165, 1.54) is 31.3 Å². The van der Waals surface area contributed by atoms with Crippen molar-refractivity contribution in [2.45, 2.75) is 52.4 Å². The minimum Gasteiger partial charge on any atom is -0.489 e. The van der Waals surface area contributed by atoms with Crippen molar-refractivity contribution in [2.24, 2.45) is 5.92 Å². The molecule has 0 radical (unpaired) electrons. The van der Waals surface area contributed by atoms with Gasteiger partial charge in [0.2, 0.25) is 0 Å². The number of allylic oxidation sites excluding steroid dienone is 1. The topological polar surface area (TPSA) is 46.5 Å². The molecule has 0 aliphatic heterocycles. The number of carboxylic acids is 1. The first-order valence-electron chi connectivity index (χ1n) is 8.18. The van der Waals surface area contributed by atoms with E-state index in [2.05, 4.69) is 13.8 Å². The average Bonchev–Trinajstić information content (AvgIpc) is 2.90. The molecule has 1 aliphatic rings. The Bertz CT molecular complexity index is 526. The van der Waals surface area contributed by atoms with Gasteiger partial charge in [-0.15, -0.1) is 0 Å². The van der Waals surface area contributed by atoms with Crippen LogP contribution in [-0.4, -0.2) is 17.7 Å². The van der Waals surface area contributed by atoms with Gasteiger partial charge in [-0.1, -0.05) is 31.6 Å². The number of hydrogen-bond acceptors (Lipinski definition) is 2. The molecule has 0 unspecified atom stereocenters. The van der Waals surface area contributed by atoms with E-state index in [0.717, 1.165) is 11.3 Å². The summed E-state index contributed by atoms with van der Waals surface area (Å²) in [4.78, 5) is 10.6. The van der Waals surface area contributed by atoms with Gasteiger partial charge >= 0.3 is 5.97 Å². The lowest BCUT2D eigenvalue weighted by atomic mass is 10.0. The molecule has 0 bridgehead atoms. The minimum absolute atomic E-state index is 0.172. The third kappa shape index (κ3) is 5.21. The van der Waals surface area contributed by atoms with Crippen LogP contribution in [0.25, 0.3) is 0 Å². The Balaban J connectivity index is 1.87. The smallest absolute Gasteiger partial charge is 0.303 e. The third-order valence-corrected chi connectivity index (χ3v) is 4.08. The van der Waals surface area contributed by atoms with Crippen LogP contribution in [0, 0.1) is 5.92 Å². The maximum Gasteiger partial charge on any atom is 0.303 e. The number of aliphatic carboxylic acids is 1. The lowest BCUT2D eigenvalue weighted by Crippen LogP contribution is -2.03. The van der Waals surface area contributed by atoms with Crippen molar-refractivity contribution in [1.29, 1.82) is 0 Å². The number of benzene rings is 1. The molecule has 1 N–H and O–H groups in total. The zero-order chi connectivity index (χ0) is 15.9. The number of rotatable bonds is 8. The van der Waals surface area contributed by atoms with Crippen LogP contribution in [0.1, 0.15) is 51.5 Å². The Hall–Kier alpha value is -1.77. The molecule has 0 saturated heterocycles. The van der Waals surface area contributed by atoms with Gasteiger partial charge in [-0.25, -0.2) is 0 Å². The fourth-order valence-corrected chi connectivity index (χ4v) is 2.96. The lowest BCUT2D eigenvalue weighted by molar-refractivity contribution is -0.136. The average molecular weight is 302 g/mol. The molecule has 3 heteroatoms. The molecule has 22 heavy (non-hydrogen) atoms. The van der Waals surface area contributed by atoms with Crippen molar-refractivity contribution >= 4 is 5.97 Å². The summed E-state index contributed by atoms with van der Waals surface area (Å²) in [6.45, 7) is 5.22. The van der Waals surface area contributed by atoms with Gasteiger partial charge < -0.3 is 9.84 Å². The summed E-state index contributed by atoms with van der Waals surface area (Å²) < 4.78 is 5.91. The summed E-state index contributed by atoms with van der Waals surface area (Å²) in [6, 6.07) is 7.79. The van der Waals surface area contributed by atoms with Gasteiger partial charge in [0.25, 0.3) is 0 Å². The minimum atomic E-state index is -0.758. The SMILES string of the molecule is CC(C)CC1=C(COc2ccc(CCC(=O)O)cc2)CCC1. The Morgan fingerprint density at radius 3 is 2.50 bits per heavy atom. The summed E-state index contributed by atoms with van der Waals surface area (Å²) in [5.74, 6) is 0.810. The highest BCUT2D eigenvalue weighted by Crippen LogP contribution is 2.31. The van der Waals surface area contributed by atoms with Gasteiger partial charge in [0.1, 0.15) is 12.4 Å². The number of carbonyl (C=O) groups is 1. The maximum absolute atomic E-state index is 10.6. The fraction of sp³-hybridized carbons (Fsp3) is 0.526. The highest BCUT2D eigenvalue weighted by Gasteiger charge is 2.15. The van der Waals surface area contributed by atoms with E-state index in [-0.39, 0.29) is 6.42 Å². The lowest BCUT2D eigenvalue weighted by Gasteiger charge is -2.12. The van der Waals surface area contributed by atoms with Crippen molar-refractivity contribution in [3.8, 4) is 5.75 Å². The summed E-state index contributed by atoms with van der Waals surface area (Å²) in [5.41, 5.74) is 4.10. The van der Waals surface area contributed by atoms with Crippen LogP contribution in [-0.2, 0) is 11.2 Å². The van der Waals surface area contributed by atoms with Crippen LogP contribution in [0.2, 0.25) is 0 Å². The first-order valence-corrected chi connectivity index (χ1v) is 8.18. The van der Waals surface area contributed by atoms with Crippen molar-refractivity contribution in [1.82, 2.24) is 0 Å². The normalized spacial score (nSPS) is 14.7. The molecule has 3 nitrogen and oxygen atoms in total. The summed E-state index contributed by atoms with van der Waals surface area (Å²) >= 11 is 0. The molecule has 0 saturated carbocycles. The third-order valence-electron chi connectivity index (χ3n) is 4.08. The van der Waals surface area contributed by atoms with Gasteiger partial charge in [-0.3, -0.25) is 4.79 Å². The largest absolute Gasteiger partial charge is 0.489 e. The molecule has 0 aromatic heterocycles. The molecule has 0 fully saturated rings. The molecule has 0 amide bonds. The predicted octanol–water partition coefficient (Wildman–Crippen LogP) is 4.61. The van der Waals surface area contributed by atoms with Gasteiger partial charge in [0.15, 0.2) is 0 Å². The van der Waals surface area contributed by atoms with Crippen LogP contribution in [0.15, 0.2) is 35.4 Å². The molecule has 0 heterocycles.